The number of carbonyl (C=O) groups is 1. The van der Waals surface area contributed by atoms with E-state index in [1.165, 1.54) is 0 Å². The Labute approximate surface area is 178 Å². The molecular weight excluding hydrogens is 370 g/mol. The third-order valence-corrected chi connectivity index (χ3v) is 6.63. The molecule has 1 saturated carbocycles. The Kier molecular flexibility index (Phi) is 5.55. The molecular formula is C26H28N3O+. The van der Waals surface area contributed by atoms with Crippen molar-refractivity contribution < 1.29 is 9.36 Å². The summed E-state index contributed by atoms with van der Waals surface area (Å²) in [6.45, 7) is 4.10. The van der Waals surface area contributed by atoms with Crippen LogP contribution in [0.15, 0.2) is 73.1 Å². The minimum Gasteiger partial charge on any atom is -0.296 e. The minimum atomic E-state index is -0.659. The molecule has 0 spiro atoms. The zero-order valence-corrected chi connectivity index (χ0v) is 17.7. The maximum atomic E-state index is 11.6. The Hall–Kier alpha value is -3.19. The third kappa shape index (κ3) is 3.45. The molecule has 4 heteroatoms. The summed E-state index contributed by atoms with van der Waals surface area (Å²) in [6, 6.07) is 23.6. The number of aromatic nitrogens is 2. The molecule has 1 fully saturated rings. The van der Waals surface area contributed by atoms with Gasteiger partial charge in [0.05, 0.1) is 6.07 Å². The first-order chi connectivity index (χ1) is 14.6. The lowest BCUT2D eigenvalue weighted by Crippen LogP contribution is -2.39. The number of nitrogens with zero attached hydrogens (tertiary/aromatic N) is 3. The fraction of sp³-hybridized carbons (Fsp3) is 0.346. The van der Waals surface area contributed by atoms with Gasteiger partial charge in [0.2, 0.25) is 0 Å². The highest BCUT2D eigenvalue weighted by molar-refractivity contribution is 5.73. The van der Waals surface area contributed by atoms with Crippen LogP contribution in [0, 0.1) is 24.2 Å². The van der Waals surface area contributed by atoms with E-state index in [9.17, 15) is 10.1 Å². The van der Waals surface area contributed by atoms with Crippen LogP contribution in [-0.4, -0.2) is 10.4 Å². The van der Waals surface area contributed by atoms with Gasteiger partial charge >= 0.3 is 0 Å². The molecule has 2 aromatic carbocycles. The molecule has 0 N–H and O–H groups in total. The van der Waals surface area contributed by atoms with E-state index in [-0.39, 0.29) is 11.7 Å². The molecule has 0 unspecified atom stereocenters. The molecule has 2 atom stereocenters. The number of nitriles is 1. The van der Waals surface area contributed by atoms with Crippen molar-refractivity contribution in [2.24, 2.45) is 5.92 Å². The summed E-state index contributed by atoms with van der Waals surface area (Å²) in [5.74, 6) is 1.47. The molecule has 0 saturated heterocycles. The summed E-state index contributed by atoms with van der Waals surface area (Å²) < 4.78 is 4.31. The van der Waals surface area contributed by atoms with E-state index in [0.717, 1.165) is 36.2 Å². The number of Topliss-reactive ketones (excluding diaryl/α,β-unsaturated/α-hetero) is 1. The maximum Gasteiger partial charge on any atom is 0.253 e. The minimum absolute atomic E-state index is 0.154. The van der Waals surface area contributed by atoms with Crippen LogP contribution in [0.5, 0.6) is 0 Å². The van der Waals surface area contributed by atoms with Crippen molar-refractivity contribution in [1.29, 1.82) is 5.26 Å². The first kappa shape index (κ1) is 20.1. The zero-order valence-electron chi connectivity index (χ0n) is 17.7. The predicted octanol–water partition coefficient (Wildman–Crippen LogP) is 4.52. The first-order valence-corrected chi connectivity index (χ1v) is 10.6. The van der Waals surface area contributed by atoms with Crippen LogP contribution in [0.25, 0.3) is 0 Å². The highest BCUT2D eigenvalue weighted by Crippen LogP contribution is 2.49. The molecule has 1 heterocycles. The Morgan fingerprint density at radius 1 is 1.10 bits per heavy atom. The van der Waals surface area contributed by atoms with Gasteiger partial charge in [-0.2, -0.15) is 5.26 Å². The number of carbonyl (C=O) groups excluding carboxylic acids is 1. The van der Waals surface area contributed by atoms with Gasteiger partial charge in [-0.25, -0.2) is 9.13 Å². The van der Waals surface area contributed by atoms with Crippen LogP contribution < -0.4 is 4.57 Å². The van der Waals surface area contributed by atoms with Gasteiger partial charge in [0, 0.05) is 6.92 Å². The van der Waals surface area contributed by atoms with E-state index in [2.05, 4.69) is 48.0 Å². The van der Waals surface area contributed by atoms with Crippen LogP contribution in [0.4, 0.5) is 0 Å². The fourth-order valence-corrected chi connectivity index (χ4v) is 5.17. The molecule has 0 amide bonds. The number of ketones is 1. The van der Waals surface area contributed by atoms with Crippen molar-refractivity contribution in [2.45, 2.75) is 51.1 Å². The van der Waals surface area contributed by atoms with Crippen molar-refractivity contribution in [3.63, 3.8) is 0 Å². The van der Waals surface area contributed by atoms with Crippen LogP contribution in [0.2, 0.25) is 0 Å². The van der Waals surface area contributed by atoms with Crippen molar-refractivity contribution in [2.75, 3.05) is 0 Å². The second-order valence-electron chi connectivity index (χ2n) is 8.40. The number of hydrogen-bond donors (Lipinski definition) is 0. The van der Waals surface area contributed by atoms with E-state index in [0.29, 0.717) is 12.6 Å². The van der Waals surface area contributed by atoms with Crippen molar-refractivity contribution in [3.05, 3.63) is 90.0 Å². The normalized spacial score (nSPS) is 18.8. The second-order valence-corrected chi connectivity index (χ2v) is 8.40. The smallest absolute Gasteiger partial charge is 0.253 e. The lowest BCUT2D eigenvalue weighted by molar-refractivity contribution is -0.689. The van der Waals surface area contributed by atoms with Gasteiger partial charge in [0.1, 0.15) is 30.4 Å². The van der Waals surface area contributed by atoms with Gasteiger partial charge in [-0.15, -0.1) is 0 Å². The van der Waals surface area contributed by atoms with Gasteiger partial charge < -0.3 is 0 Å². The van der Waals surface area contributed by atoms with Gasteiger partial charge in [-0.1, -0.05) is 60.7 Å². The zero-order chi connectivity index (χ0) is 21.1. The SMILES string of the molecule is CC(=O)C[n+]1ccn([C@@H]2CC[C@@H](C(C#N)(c3ccccc3)c3ccccc3)C2)c1C. The van der Waals surface area contributed by atoms with E-state index in [4.69, 9.17) is 0 Å². The standard InChI is InChI=1S/C26H28N3O/c1-20(30)18-28-15-16-29(21(28)2)25-14-13-24(17-25)26(19-27,22-9-5-3-6-10-22)23-11-7-4-8-12-23/h3-12,15-16,24-25H,13-14,17-18H2,1-2H3/q+1/t24-,25-/m1/s1. The molecule has 1 aliphatic carbocycles. The van der Waals surface area contributed by atoms with Crippen LogP contribution in [0.3, 0.4) is 0 Å². The molecule has 4 nitrogen and oxygen atoms in total. The molecule has 3 aromatic rings. The summed E-state index contributed by atoms with van der Waals surface area (Å²) in [6.07, 6.45) is 7.04. The first-order valence-electron chi connectivity index (χ1n) is 10.6. The van der Waals surface area contributed by atoms with E-state index in [1.807, 2.05) is 47.2 Å². The van der Waals surface area contributed by atoms with E-state index < -0.39 is 5.41 Å². The van der Waals surface area contributed by atoms with Crippen molar-refractivity contribution >= 4 is 5.78 Å². The van der Waals surface area contributed by atoms with Crippen LogP contribution in [-0.2, 0) is 16.8 Å². The summed E-state index contributed by atoms with van der Waals surface area (Å²) >= 11 is 0. The number of hydrogen-bond acceptors (Lipinski definition) is 2. The Morgan fingerprint density at radius 2 is 1.70 bits per heavy atom. The maximum absolute atomic E-state index is 11.6. The van der Waals surface area contributed by atoms with E-state index in [1.54, 1.807) is 6.92 Å². The largest absolute Gasteiger partial charge is 0.296 e. The summed E-state index contributed by atoms with van der Waals surface area (Å²) in [4.78, 5) is 11.6. The van der Waals surface area contributed by atoms with Crippen molar-refractivity contribution in [1.82, 2.24) is 4.57 Å². The summed E-state index contributed by atoms with van der Waals surface area (Å²) in [5.41, 5.74) is 1.48. The second kappa shape index (κ2) is 8.28. The highest BCUT2D eigenvalue weighted by Gasteiger charge is 2.47. The van der Waals surface area contributed by atoms with Gasteiger partial charge in [-0.3, -0.25) is 4.79 Å². The quantitative estimate of drug-likeness (QED) is 0.573. The lowest BCUT2D eigenvalue weighted by atomic mass is 9.66. The average molecular weight is 399 g/mol. The molecule has 1 aromatic heterocycles. The average Bonchev–Trinajstić information content (AvgIpc) is 3.38. The van der Waals surface area contributed by atoms with Crippen molar-refractivity contribution in [3.8, 4) is 6.07 Å². The summed E-state index contributed by atoms with van der Waals surface area (Å²) in [7, 11) is 0. The number of benzene rings is 2. The Morgan fingerprint density at radius 3 is 2.23 bits per heavy atom. The molecule has 152 valence electrons. The predicted molar refractivity (Wildman–Crippen MR) is 116 cm³/mol. The fourth-order valence-electron chi connectivity index (χ4n) is 5.17. The number of rotatable bonds is 6. The molecule has 0 aliphatic heterocycles. The molecule has 0 radical (unpaired) electrons. The third-order valence-electron chi connectivity index (χ3n) is 6.63. The highest BCUT2D eigenvalue weighted by atomic mass is 16.1. The molecule has 0 bridgehead atoms. The van der Waals surface area contributed by atoms with E-state index >= 15 is 0 Å². The molecule has 30 heavy (non-hydrogen) atoms. The molecule has 1 aliphatic rings. The van der Waals surface area contributed by atoms with Crippen LogP contribution >= 0.6 is 0 Å². The number of imidazole rings is 1. The lowest BCUT2D eigenvalue weighted by Gasteiger charge is -2.34. The summed E-state index contributed by atoms with van der Waals surface area (Å²) in [5, 5.41) is 10.6. The topological polar surface area (TPSA) is 49.7 Å². The van der Waals surface area contributed by atoms with Crippen LogP contribution in [0.1, 0.15) is 49.2 Å². The van der Waals surface area contributed by atoms with Gasteiger partial charge in [-0.05, 0) is 43.2 Å². The Bertz CT molecular complexity index is 1020. The van der Waals surface area contributed by atoms with Gasteiger partial charge in [0.25, 0.3) is 5.82 Å². The monoisotopic (exact) mass is 398 g/mol. The molecule has 4 rings (SSSR count). The Balaban J connectivity index is 1.70. The van der Waals surface area contributed by atoms with Gasteiger partial charge in [0.15, 0.2) is 5.78 Å².